The third-order valence-corrected chi connectivity index (χ3v) is 8.51. The summed E-state index contributed by atoms with van der Waals surface area (Å²) in [5, 5.41) is 0. The number of likely N-dealkylation sites (tertiary alicyclic amines) is 3. The molecule has 0 spiro atoms. The van der Waals surface area contributed by atoms with Gasteiger partial charge >= 0.3 is 11.9 Å². The third-order valence-electron chi connectivity index (χ3n) is 8.51. The Morgan fingerprint density at radius 3 is 2.11 bits per heavy atom. The summed E-state index contributed by atoms with van der Waals surface area (Å²) in [6, 6.07) is 1.55. The summed E-state index contributed by atoms with van der Waals surface area (Å²) in [5.41, 5.74) is -0.591. The summed E-state index contributed by atoms with van der Waals surface area (Å²) >= 11 is 0. The molecule has 3 saturated heterocycles. The first-order valence-corrected chi connectivity index (χ1v) is 14.1. The van der Waals surface area contributed by atoms with Gasteiger partial charge in [0.2, 0.25) is 0 Å². The van der Waals surface area contributed by atoms with Gasteiger partial charge in [-0.1, -0.05) is 0 Å². The van der Waals surface area contributed by atoms with E-state index in [4.69, 9.17) is 14.2 Å². The molecule has 35 heavy (non-hydrogen) atoms. The Bertz CT molecular complexity index is 782. The maximum atomic E-state index is 14.2. The SMILES string of the molecule is CCOC(=O)C1CCC(O[C@@](C(=O)OC(C)(C)C)(N2CCCC2)N2C[C@H]3C[C@H]2CN3C2CC2)CC1. The van der Waals surface area contributed by atoms with Crippen molar-refractivity contribution < 1.29 is 23.8 Å². The molecule has 5 aliphatic rings. The van der Waals surface area contributed by atoms with Crippen molar-refractivity contribution in [1.82, 2.24) is 14.7 Å². The minimum Gasteiger partial charge on any atom is -0.466 e. The molecule has 3 heterocycles. The smallest absolute Gasteiger partial charge is 0.371 e. The number of esters is 2. The lowest BCUT2D eigenvalue weighted by Crippen LogP contribution is -2.71. The number of carbonyl (C=O) groups excluding carboxylic acids is 2. The van der Waals surface area contributed by atoms with E-state index in [1.54, 1.807) is 0 Å². The summed E-state index contributed by atoms with van der Waals surface area (Å²) in [7, 11) is 0. The maximum absolute atomic E-state index is 14.2. The van der Waals surface area contributed by atoms with Crippen molar-refractivity contribution in [1.29, 1.82) is 0 Å². The Morgan fingerprint density at radius 1 is 0.886 bits per heavy atom. The molecule has 0 aromatic rings. The van der Waals surface area contributed by atoms with E-state index < -0.39 is 11.4 Å². The molecule has 2 aliphatic carbocycles. The lowest BCUT2D eigenvalue weighted by Gasteiger charge is -2.51. The second-order valence-electron chi connectivity index (χ2n) is 12.3. The first kappa shape index (κ1) is 25.4. The van der Waals surface area contributed by atoms with Crippen LogP contribution in [0, 0.1) is 5.92 Å². The van der Waals surface area contributed by atoms with Gasteiger partial charge in [0.25, 0.3) is 5.85 Å². The number of nitrogens with zero attached hydrogens (tertiary/aromatic N) is 3. The Balaban J connectivity index is 1.39. The molecule has 8 nitrogen and oxygen atoms in total. The summed E-state index contributed by atoms with van der Waals surface area (Å²) in [5.74, 6) is -1.60. The Labute approximate surface area is 210 Å². The zero-order valence-corrected chi connectivity index (χ0v) is 22.2. The van der Waals surface area contributed by atoms with E-state index in [1.807, 2.05) is 27.7 Å². The molecular formula is C27H45N3O5. The molecule has 5 rings (SSSR count). The molecule has 2 saturated carbocycles. The topological polar surface area (TPSA) is 71.5 Å². The highest BCUT2D eigenvalue weighted by Crippen LogP contribution is 2.45. The van der Waals surface area contributed by atoms with Crippen molar-refractivity contribution in [2.75, 3.05) is 32.8 Å². The predicted molar refractivity (Wildman–Crippen MR) is 131 cm³/mol. The molecule has 0 radical (unpaired) electrons. The monoisotopic (exact) mass is 491 g/mol. The van der Waals surface area contributed by atoms with Gasteiger partial charge in [0.15, 0.2) is 0 Å². The van der Waals surface area contributed by atoms with E-state index in [0.29, 0.717) is 18.7 Å². The summed E-state index contributed by atoms with van der Waals surface area (Å²) in [4.78, 5) is 33.8. The number of hydrogen-bond acceptors (Lipinski definition) is 8. The Kier molecular flexibility index (Phi) is 7.21. The van der Waals surface area contributed by atoms with Crippen LogP contribution in [0.2, 0.25) is 0 Å². The van der Waals surface area contributed by atoms with Crippen LogP contribution in [0.3, 0.4) is 0 Å². The molecule has 0 unspecified atom stereocenters. The molecule has 0 aromatic heterocycles. The standard InChI is InChI=1S/C27H45N3O5/c1-5-33-24(31)19-8-12-23(13-9-19)34-27(28-14-6-7-15-28,25(32)35-26(2,3)4)30-18-21-16-22(30)17-29(21)20-10-11-20/h19-23H,5-18H2,1-4H3/t19?,21-,22+,23?,27+/m1/s1. The third kappa shape index (κ3) is 5.13. The number of piperazine rings is 1. The molecule has 8 heteroatoms. The van der Waals surface area contributed by atoms with Crippen molar-refractivity contribution in [3.63, 3.8) is 0 Å². The minimum atomic E-state index is -1.18. The largest absolute Gasteiger partial charge is 0.466 e. The Morgan fingerprint density at radius 2 is 1.57 bits per heavy atom. The highest BCUT2D eigenvalue weighted by Gasteiger charge is 2.62. The van der Waals surface area contributed by atoms with E-state index in [0.717, 1.165) is 77.2 Å². The maximum Gasteiger partial charge on any atom is 0.371 e. The second-order valence-corrected chi connectivity index (χ2v) is 12.3. The van der Waals surface area contributed by atoms with Crippen molar-refractivity contribution in [2.24, 2.45) is 5.92 Å². The van der Waals surface area contributed by atoms with E-state index in [1.165, 1.54) is 12.8 Å². The van der Waals surface area contributed by atoms with Crippen LogP contribution < -0.4 is 0 Å². The lowest BCUT2D eigenvalue weighted by atomic mass is 9.87. The average Bonchev–Trinajstić information content (AvgIpc) is 3.19. The van der Waals surface area contributed by atoms with Crippen LogP contribution in [0.1, 0.15) is 85.5 Å². The summed E-state index contributed by atoms with van der Waals surface area (Å²) in [6.07, 6.45) is 8.81. The average molecular weight is 492 g/mol. The zero-order chi connectivity index (χ0) is 24.8. The molecule has 0 N–H and O–H groups in total. The van der Waals surface area contributed by atoms with Crippen LogP contribution in [0.5, 0.6) is 0 Å². The fourth-order valence-corrected chi connectivity index (χ4v) is 6.81. The number of rotatable bonds is 8. The van der Waals surface area contributed by atoms with Crippen molar-refractivity contribution >= 4 is 11.9 Å². The number of fused-ring (bicyclic) bond motifs is 2. The van der Waals surface area contributed by atoms with Crippen LogP contribution >= 0.6 is 0 Å². The normalized spacial score (nSPS) is 34.2. The van der Waals surface area contributed by atoms with Gasteiger partial charge in [0.05, 0.1) is 18.6 Å². The van der Waals surface area contributed by atoms with Gasteiger partial charge in [-0.15, -0.1) is 0 Å². The fourth-order valence-electron chi connectivity index (χ4n) is 6.81. The Hall–Kier alpha value is -1.22. The first-order chi connectivity index (χ1) is 16.7. The molecular weight excluding hydrogens is 446 g/mol. The van der Waals surface area contributed by atoms with Gasteiger partial charge in [-0.3, -0.25) is 14.6 Å². The highest BCUT2D eigenvalue weighted by molar-refractivity contribution is 5.79. The summed E-state index contributed by atoms with van der Waals surface area (Å²) in [6.45, 7) is 11.7. The van der Waals surface area contributed by atoms with Crippen LogP contribution in [0.25, 0.3) is 0 Å². The van der Waals surface area contributed by atoms with Gasteiger partial charge in [0.1, 0.15) is 5.60 Å². The number of ether oxygens (including phenoxy) is 3. The minimum absolute atomic E-state index is 0.0626. The zero-order valence-electron chi connectivity index (χ0n) is 22.2. The van der Waals surface area contributed by atoms with Gasteiger partial charge in [-0.2, -0.15) is 0 Å². The van der Waals surface area contributed by atoms with Crippen LogP contribution in [0.4, 0.5) is 0 Å². The van der Waals surface area contributed by atoms with Crippen LogP contribution in [-0.4, -0.2) is 95.1 Å². The molecule has 3 aliphatic heterocycles. The quantitative estimate of drug-likeness (QED) is 0.480. The molecule has 0 aromatic carbocycles. The molecule has 0 amide bonds. The number of carbonyl (C=O) groups is 2. The van der Waals surface area contributed by atoms with E-state index >= 15 is 0 Å². The van der Waals surface area contributed by atoms with Crippen molar-refractivity contribution in [2.45, 2.75) is 121 Å². The van der Waals surface area contributed by atoms with E-state index in [-0.39, 0.29) is 24.0 Å². The van der Waals surface area contributed by atoms with Crippen LogP contribution in [-0.2, 0) is 23.8 Å². The molecule has 198 valence electrons. The van der Waals surface area contributed by atoms with Crippen molar-refractivity contribution in [3.05, 3.63) is 0 Å². The van der Waals surface area contributed by atoms with E-state index in [9.17, 15) is 9.59 Å². The fraction of sp³-hybridized carbons (Fsp3) is 0.926. The molecule has 2 bridgehead atoms. The lowest BCUT2D eigenvalue weighted by molar-refractivity contribution is -0.283. The van der Waals surface area contributed by atoms with Crippen molar-refractivity contribution in [3.8, 4) is 0 Å². The first-order valence-electron chi connectivity index (χ1n) is 14.1. The molecule has 5 fully saturated rings. The van der Waals surface area contributed by atoms with E-state index in [2.05, 4.69) is 14.7 Å². The van der Waals surface area contributed by atoms with Gasteiger partial charge < -0.3 is 14.2 Å². The van der Waals surface area contributed by atoms with Gasteiger partial charge in [-0.25, -0.2) is 9.69 Å². The summed E-state index contributed by atoms with van der Waals surface area (Å²) < 4.78 is 18.4. The van der Waals surface area contributed by atoms with Gasteiger partial charge in [-0.05, 0) is 85.5 Å². The predicted octanol–water partition coefficient (Wildman–Crippen LogP) is 3.14. The second kappa shape index (κ2) is 9.92. The van der Waals surface area contributed by atoms with Gasteiger partial charge in [0, 0.05) is 44.3 Å². The van der Waals surface area contributed by atoms with Crippen LogP contribution in [0.15, 0.2) is 0 Å². The highest BCUT2D eigenvalue weighted by atomic mass is 16.6. The molecule has 3 atom stereocenters. The number of hydrogen-bond donors (Lipinski definition) is 0.